The van der Waals surface area contributed by atoms with Gasteiger partial charge in [-0.25, -0.2) is 0 Å². The van der Waals surface area contributed by atoms with Crippen LogP contribution in [0.5, 0.6) is 0 Å². The highest BCUT2D eigenvalue weighted by Gasteiger charge is 2.19. The lowest BCUT2D eigenvalue weighted by Crippen LogP contribution is -2.12. The van der Waals surface area contributed by atoms with E-state index in [-0.39, 0.29) is 5.41 Å². The van der Waals surface area contributed by atoms with Gasteiger partial charge in [-0.3, -0.25) is 0 Å². The van der Waals surface area contributed by atoms with Gasteiger partial charge in [0.1, 0.15) is 0 Å². The minimum Gasteiger partial charge on any atom is -0.398 e. The summed E-state index contributed by atoms with van der Waals surface area (Å²) < 4.78 is 18.3. The molecule has 0 aliphatic rings. The third kappa shape index (κ3) is 4.76. The van der Waals surface area contributed by atoms with Gasteiger partial charge in [-0.05, 0) is 68.6 Å². The summed E-state index contributed by atoms with van der Waals surface area (Å²) in [6.07, 6.45) is 0. The van der Waals surface area contributed by atoms with Crippen molar-refractivity contribution in [1.29, 1.82) is 0 Å². The van der Waals surface area contributed by atoms with Crippen LogP contribution in [0.25, 0.3) is 44.5 Å². The van der Waals surface area contributed by atoms with E-state index in [0.717, 1.165) is 27.8 Å². The summed E-state index contributed by atoms with van der Waals surface area (Å²) in [5.41, 5.74) is 15.2. The van der Waals surface area contributed by atoms with E-state index in [1.54, 1.807) is 0 Å². The fourth-order valence-electron chi connectivity index (χ4n) is 4.34. The predicted octanol–water partition coefficient (Wildman–Crippen LogP) is 9.23. The van der Waals surface area contributed by atoms with Crippen molar-refractivity contribution in [3.05, 3.63) is 127 Å². The van der Waals surface area contributed by atoms with Crippen LogP contribution in [0.1, 0.15) is 29.1 Å². The first-order valence-corrected chi connectivity index (χ1v) is 12.0. The highest BCUT2D eigenvalue weighted by atomic mass is 14.6. The number of hydrogen-bond acceptors (Lipinski definition) is 1. The fourth-order valence-corrected chi connectivity index (χ4v) is 4.34. The van der Waals surface area contributed by atoms with Gasteiger partial charge in [0.2, 0.25) is 0 Å². The molecule has 0 amide bonds. The van der Waals surface area contributed by atoms with Crippen molar-refractivity contribution in [2.45, 2.75) is 26.2 Å². The van der Waals surface area contributed by atoms with Crippen LogP contribution in [0.4, 0.5) is 5.69 Å². The number of rotatable bonds is 4. The van der Waals surface area contributed by atoms with Crippen LogP contribution in [0.15, 0.2) is 121 Å². The molecule has 1 heteroatoms. The van der Waals surface area contributed by atoms with Gasteiger partial charge in [-0.15, -0.1) is 0 Å². The molecule has 0 fully saturated rings. The molecule has 172 valence electrons. The Hall–Kier alpha value is -4.10. The molecule has 0 saturated carbocycles. The zero-order valence-electron chi connectivity index (χ0n) is 22.5. The molecule has 0 bridgehead atoms. The van der Waals surface area contributed by atoms with E-state index < -0.39 is 0 Å². The maximum Gasteiger partial charge on any atom is 0.0633 e. The highest BCUT2D eigenvalue weighted by Crippen LogP contribution is 2.40. The van der Waals surface area contributed by atoms with Gasteiger partial charge in [-0.2, -0.15) is 0 Å². The Kier molecular flexibility index (Phi) is 5.37. The van der Waals surface area contributed by atoms with E-state index in [1.807, 2.05) is 60.7 Å². The summed E-state index contributed by atoms with van der Waals surface area (Å²) in [6.45, 7) is 6.16. The number of benzene rings is 5. The van der Waals surface area contributed by atoms with Crippen LogP contribution in [-0.4, -0.2) is 0 Å². The summed E-state index contributed by atoms with van der Waals surface area (Å²) in [7, 11) is 0. The van der Waals surface area contributed by atoms with Gasteiger partial charge in [0.05, 0.1) is 2.74 Å². The van der Waals surface area contributed by atoms with Crippen LogP contribution in [0.3, 0.4) is 0 Å². The molecule has 0 unspecified atom stereocenters. The Bertz CT molecular complexity index is 1570. The van der Waals surface area contributed by atoms with Crippen molar-refractivity contribution >= 4 is 5.69 Å². The number of nitrogen functional groups attached to an aromatic ring is 1. The lowest BCUT2D eigenvalue weighted by atomic mass is 9.82. The summed E-state index contributed by atoms with van der Waals surface area (Å²) in [5, 5.41) is 0. The normalized spacial score (nSPS) is 12.2. The topological polar surface area (TPSA) is 26.0 Å². The molecule has 0 heterocycles. The monoisotopic (exact) mass is 455 g/mol. The second kappa shape index (κ2) is 9.27. The Labute approximate surface area is 211 Å². The minimum atomic E-state index is -0.387. The number of hydrogen-bond donors (Lipinski definition) is 1. The molecule has 0 saturated heterocycles. The van der Waals surface area contributed by atoms with Gasteiger partial charge in [0.15, 0.2) is 0 Å². The minimum absolute atomic E-state index is 0.324. The SMILES string of the molecule is [2H]c1c(-c2ccccc2)c(N)c(-c2cccc(-c3cccc(-c4ccccc4)c3)c2)c([2H])c1C(C)(C)C. The average molecular weight is 456 g/mol. The molecule has 0 radical (unpaired) electrons. The van der Waals surface area contributed by atoms with Crippen molar-refractivity contribution in [2.75, 3.05) is 5.73 Å². The molecular formula is C34H31N. The van der Waals surface area contributed by atoms with Gasteiger partial charge in [0, 0.05) is 16.8 Å². The van der Waals surface area contributed by atoms with Gasteiger partial charge >= 0.3 is 0 Å². The van der Waals surface area contributed by atoms with Gasteiger partial charge in [0.25, 0.3) is 0 Å². The summed E-state index contributed by atoms with van der Waals surface area (Å²) in [4.78, 5) is 0. The van der Waals surface area contributed by atoms with Crippen molar-refractivity contribution in [1.82, 2.24) is 0 Å². The van der Waals surface area contributed by atoms with Crippen molar-refractivity contribution in [2.24, 2.45) is 0 Å². The zero-order valence-corrected chi connectivity index (χ0v) is 20.5. The molecule has 5 aromatic carbocycles. The van der Waals surface area contributed by atoms with E-state index in [2.05, 4.69) is 69.3 Å². The Morgan fingerprint density at radius 2 is 0.914 bits per heavy atom. The second-order valence-corrected chi connectivity index (χ2v) is 9.93. The predicted molar refractivity (Wildman–Crippen MR) is 151 cm³/mol. The van der Waals surface area contributed by atoms with E-state index in [0.29, 0.717) is 34.5 Å². The van der Waals surface area contributed by atoms with Crippen LogP contribution in [0.2, 0.25) is 0 Å². The summed E-state index contributed by atoms with van der Waals surface area (Å²) >= 11 is 0. The maximum atomic E-state index is 9.20. The van der Waals surface area contributed by atoms with E-state index in [4.69, 9.17) is 7.10 Å². The standard InChI is InChI=1S/C34H31N/c1-34(2,3)30-22-31(25-14-8-5-9-15-25)33(35)32(23-30)29-19-11-18-28(21-29)27-17-10-16-26(20-27)24-12-6-4-7-13-24/h4-23H,35H2,1-3H3/i22D,23D. The Morgan fingerprint density at radius 1 is 0.514 bits per heavy atom. The molecule has 0 aliphatic carbocycles. The number of nitrogens with two attached hydrogens (primary N) is 1. The van der Waals surface area contributed by atoms with Gasteiger partial charge < -0.3 is 5.73 Å². The smallest absolute Gasteiger partial charge is 0.0633 e. The Morgan fingerprint density at radius 3 is 1.46 bits per heavy atom. The fraction of sp³-hybridized carbons (Fsp3) is 0.118. The number of anilines is 1. The molecule has 0 spiro atoms. The molecule has 0 aromatic heterocycles. The van der Waals surface area contributed by atoms with E-state index in [1.165, 1.54) is 5.56 Å². The largest absolute Gasteiger partial charge is 0.398 e. The van der Waals surface area contributed by atoms with Crippen LogP contribution in [-0.2, 0) is 5.41 Å². The lowest BCUT2D eigenvalue weighted by molar-refractivity contribution is 0.591. The molecule has 5 aromatic rings. The summed E-state index contributed by atoms with van der Waals surface area (Å²) in [5.74, 6) is 0. The third-order valence-electron chi connectivity index (χ3n) is 6.31. The average Bonchev–Trinajstić information content (AvgIpc) is 2.89. The van der Waals surface area contributed by atoms with E-state index in [9.17, 15) is 1.37 Å². The molecule has 0 aliphatic heterocycles. The second-order valence-electron chi connectivity index (χ2n) is 9.93. The van der Waals surface area contributed by atoms with Crippen molar-refractivity contribution in [3.63, 3.8) is 0 Å². The van der Waals surface area contributed by atoms with Crippen LogP contribution >= 0.6 is 0 Å². The third-order valence-corrected chi connectivity index (χ3v) is 6.31. The first-order chi connectivity index (χ1) is 17.8. The summed E-state index contributed by atoms with van der Waals surface area (Å²) in [6, 6.07) is 37.6. The Balaban J connectivity index is 1.71. The molecule has 0 atom stereocenters. The quantitative estimate of drug-likeness (QED) is 0.268. The van der Waals surface area contributed by atoms with Gasteiger partial charge in [-0.1, -0.05) is 118 Å². The van der Waals surface area contributed by atoms with Crippen LogP contribution in [0, 0.1) is 0 Å². The molecule has 5 rings (SSSR count). The first kappa shape index (κ1) is 20.3. The molecule has 1 nitrogen and oxygen atoms in total. The van der Waals surface area contributed by atoms with Crippen molar-refractivity contribution < 1.29 is 2.74 Å². The maximum absolute atomic E-state index is 9.20. The van der Waals surface area contributed by atoms with Crippen LogP contribution < -0.4 is 5.73 Å². The zero-order chi connectivity index (χ0) is 26.2. The molecule has 2 N–H and O–H groups in total. The first-order valence-electron chi connectivity index (χ1n) is 13.0. The highest BCUT2D eigenvalue weighted by molar-refractivity contribution is 5.91. The molecular weight excluding hydrogens is 422 g/mol. The van der Waals surface area contributed by atoms with E-state index >= 15 is 0 Å². The lowest BCUT2D eigenvalue weighted by Gasteiger charge is -2.23. The molecule has 35 heavy (non-hydrogen) atoms. The van der Waals surface area contributed by atoms with Crippen molar-refractivity contribution in [3.8, 4) is 44.5 Å².